The summed E-state index contributed by atoms with van der Waals surface area (Å²) >= 11 is 0. The number of methoxy groups -OCH3 is 1. The van der Waals surface area contributed by atoms with E-state index in [0.717, 1.165) is 0 Å². The van der Waals surface area contributed by atoms with Gasteiger partial charge in [0.25, 0.3) is 0 Å². The zero-order valence-corrected chi connectivity index (χ0v) is 13.4. The van der Waals surface area contributed by atoms with Crippen LogP contribution < -0.4 is 9.46 Å². The van der Waals surface area contributed by atoms with Gasteiger partial charge in [0.05, 0.1) is 12.0 Å². The highest BCUT2D eigenvalue weighted by Gasteiger charge is 2.15. The van der Waals surface area contributed by atoms with Crippen LogP contribution in [0.2, 0.25) is 0 Å². The molecule has 0 aliphatic heterocycles. The number of hydrogen-bond acceptors (Lipinski definition) is 4. The van der Waals surface area contributed by atoms with Crippen LogP contribution in [0.1, 0.15) is 20.3 Å². The van der Waals surface area contributed by atoms with Gasteiger partial charge in [0.15, 0.2) is 0 Å². The van der Waals surface area contributed by atoms with Crippen molar-refractivity contribution in [2.75, 3.05) is 26.7 Å². The molecule has 1 N–H and O–H groups in total. The van der Waals surface area contributed by atoms with E-state index in [4.69, 9.17) is 4.74 Å². The molecular weight excluding hydrogens is 292 g/mol. The number of sulfonamides is 1. The summed E-state index contributed by atoms with van der Waals surface area (Å²) in [6.07, 6.45) is 0.150. The Morgan fingerprint density at radius 1 is 1.19 bits per heavy atom. The van der Waals surface area contributed by atoms with Crippen LogP contribution in [0.5, 0.6) is 5.75 Å². The second-order valence-corrected chi connectivity index (χ2v) is 6.16. The minimum absolute atomic E-state index is 0.0579. The van der Waals surface area contributed by atoms with Crippen LogP contribution in [0.25, 0.3) is 0 Å². The Labute approximate surface area is 126 Å². The fourth-order valence-corrected chi connectivity index (χ4v) is 2.90. The van der Waals surface area contributed by atoms with Crippen LogP contribution in [-0.2, 0) is 14.8 Å². The monoisotopic (exact) mass is 314 g/mol. The smallest absolute Gasteiger partial charge is 0.240 e. The van der Waals surface area contributed by atoms with Gasteiger partial charge in [0.2, 0.25) is 15.9 Å². The van der Waals surface area contributed by atoms with Gasteiger partial charge in [-0.15, -0.1) is 0 Å². The van der Waals surface area contributed by atoms with Crippen LogP contribution in [0.3, 0.4) is 0 Å². The van der Waals surface area contributed by atoms with Crippen LogP contribution in [0.15, 0.2) is 29.2 Å². The van der Waals surface area contributed by atoms with E-state index in [9.17, 15) is 13.2 Å². The maximum atomic E-state index is 12.0. The molecular formula is C14H22N2O4S. The van der Waals surface area contributed by atoms with Crippen LogP contribution in [-0.4, -0.2) is 46.0 Å². The first kappa shape index (κ1) is 17.5. The maximum absolute atomic E-state index is 12.0. The molecule has 0 aliphatic carbocycles. The second-order valence-electron chi connectivity index (χ2n) is 4.39. The van der Waals surface area contributed by atoms with Crippen LogP contribution in [0, 0.1) is 0 Å². The number of hydrogen-bond donors (Lipinski definition) is 1. The number of rotatable bonds is 8. The summed E-state index contributed by atoms with van der Waals surface area (Å²) < 4.78 is 31.5. The number of ether oxygens (including phenoxy) is 1. The van der Waals surface area contributed by atoms with Gasteiger partial charge < -0.3 is 9.64 Å². The molecule has 0 radical (unpaired) electrons. The third kappa shape index (κ3) is 5.02. The molecule has 7 heteroatoms. The summed E-state index contributed by atoms with van der Waals surface area (Å²) in [7, 11) is -2.08. The van der Waals surface area contributed by atoms with E-state index in [0.29, 0.717) is 18.8 Å². The van der Waals surface area contributed by atoms with Crippen molar-refractivity contribution in [3.8, 4) is 5.75 Å². The summed E-state index contributed by atoms with van der Waals surface area (Å²) in [6, 6.07) is 6.09. The van der Waals surface area contributed by atoms with Gasteiger partial charge in [0, 0.05) is 26.1 Å². The van der Waals surface area contributed by atoms with E-state index in [1.54, 1.807) is 17.0 Å². The van der Waals surface area contributed by atoms with Crippen molar-refractivity contribution in [3.63, 3.8) is 0 Å². The number of benzene rings is 1. The summed E-state index contributed by atoms with van der Waals surface area (Å²) in [4.78, 5) is 13.6. The first-order valence-corrected chi connectivity index (χ1v) is 8.34. The lowest BCUT2D eigenvalue weighted by Gasteiger charge is -2.18. The first-order chi connectivity index (χ1) is 9.94. The Kier molecular flexibility index (Phi) is 6.64. The molecule has 1 aromatic carbocycles. The zero-order valence-electron chi connectivity index (χ0n) is 12.6. The van der Waals surface area contributed by atoms with E-state index >= 15 is 0 Å². The molecule has 0 saturated heterocycles. The molecule has 0 saturated carbocycles. The van der Waals surface area contributed by atoms with Crippen LogP contribution >= 0.6 is 0 Å². The number of nitrogens with zero attached hydrogens (tertiary/aromatic N) is 1. The lowest BCUT2D eigenvalue weighted by Crippen LogP contribution is -2.34. The van der Waals surface area contributed by atoms with Gasteiger partial charge in [-0.3, -0.25) is 4.79 Å². The third-order valence-corrected chi connectivity index (χ3v) is 4.59. The zero-order chi connectivity index (χ0) is 15.9. The summed E-state index contributed by atoms with van der Waals surface area (Å²) in [5.41, 5.74) is 0. The highest BCUT2D eigenvalue weighted by molar-refractivity contribution is 7.89. The number of amides is 1. The number of carbonyl (C=O) groups excluding carboxylic acids is 1. The summed E-state index contributed by atoms with van der Waals surface area (Å²) in [5, 5.41) is 0. The van der Waals surface area contributed by atoms with E-state index in [1.807, 2.05) is 13.8 Å². The van der Waals surface area contributed by atoms with Gasteiger partial charge in [-0.2, -0.15) is 0 Å². The first-order valence-electron chi connectivity index (χ1n) is 6.86. The van der Waals surface area contributed by atoms with E-state index in [1.165, 1.54) is 19.2 Å². The van der Waals surface area contributed by atoms with Gasteiger partial charge in [0.1, 0.15) is 5.75 Å². The van der Waals surface area contributed by atoms with E-state index in [-0.39, 0.29) is 23.8 Å². The van der Waals surface area contributed by atoms with Crippen LogP contribution in [0.4, 0.5) is 0 Å². The van der Waals surface area contributed by atoms with Crippen molar-refractivity contribution in [1.82, 2.24) is 9.62 Å². The maximum Gasteiger partial charge on any atom is 0.240 e. The molecule has 118 valence electrons. The molecule has 0 aliphatic rings. The summed E-state index contributed by atoms with van der Waals surface area (Å²) in [5.74, 6) is 0.531. The molecule has 1 amide bonds. The molecule has 1 aromatic rings. The molecule has 0 spiro atoms. The van der Waals surface area contributed by atoms with Crippen molar-refractivity contribution in [2.24, 2.45) is 0 Å². The van der Waals surface area contributed by atoms with Crippen molar-refractivity contribution in [2.45, 2.75) is 25.2 Å². The Morgan fingerprint density at radius 2 is 1.76 bits per heavy atom. The van der Waals surface area contributed by atoms with Gasteiger partial charge in [-0.25, -0.2) is 13.1 Å². The molecule has 0 unspecified atom stereocenters. The predicted octanol–water partition coefficient (Wildman–Crippen LogP) is 1.23. The highest BCUT2D eigenvalue weighted by atomic mass is 32.2. The Morgan fingerprint density at radius 3 is 2.24 bits per heavy atom. The molecule has 0 heterocycles. The largest absolute Gasteiger partial charge is 0.497 e. The fourth-order valence-electron chi connectivity index (χ4n) is 1.86. The average molecular weight is 314 g/mol. The Bertz CT molecular complexity index is 551. The minimum Gasteiger partial charge on any atom is -0.497 e. The highest BCUT2D eigenvalue weighted by Crippen LogP contribution is 2.15. The average Bonchev–Trinajstić information content (AvgIpc) is 2.48. The van der Waals surface area contributed by atoms with Gasteiger partial charge in [-0.05, 0) is 38.1 Å². The van der Waals surface area contributed by atoms with Crippen molar-refractivity contribution >= 4 is 15.9 Å². The van der Waals surface area contributed by atoms with Gasteiger partial charge >= 0.3 is 0 Å². The molecule has 6 nitrogen and oxygen atoms in total. The molecule has 0 atom stereocenters. The quantitative estimate of drug-likeness (QED) is 0.783. The molecule has 21 heavy (non-hydrogen) atoms. The third-order valence-electron chi connectivity index (χ3n) is 3.12. The fraction of sp³-hybridized carbons (Fsp3) is 0.500. The second kappa shape index (κ2) is 7.99. The van der Waals surface area contributed by atoms with Crippen molar-refractivity contribution in [1.29, 1.82) is 0 Å². The lowest BCUT2D eigenvalue weighted by molar-refractivity contribution is -0.130. The summed E-state index contributed by atoms with van der Waals surface area (Å²) in [6.45, 7) is 5.12. The van der Waals surface area contributed by atoms with Crippen molar-refractivity contribution in [3.05, 3.63) is 24.3 Å². The number of carbonyl (C=O) groups is 1. The SMILES string of the molecule is CCN(CC)C(=O)CCNS(=O)(=O)c1ccc(OC)cc1. The molecule has 0 bridgehead atoms. The van der Waals surface area contributed by atoms with E-state index < -0.39 is 10.0 Å². The number of nitrogens with one attached hydrogen (secondary N) is 1. The minimum atomic E-state index is -3.60. The molecule has 0 aromatic heterocycles. The Balaban J connectivity index is 2.58. The predicted molar refractivity (Wildman–Crippen MR) is 80.7 cm³/mol. The molecule has 0 fully saturated rings. The standard InChI is InChI=1S/C14H22N2O4S/c1-4-16(5-2)14(17)10-11-15-21(18,19)13-8-6-12(20-3)7-9-13/h6-9,15H,4-5,10-11H2,1-3H3. The van der Waals surface area contributed by atoms with Gasteiger partial charge in [-0.1, -0.05) is 0 Å². The topological polar surface area (TPSA) is 75.7 Å². The Hall–Kier alpha value is -1.60. The van der Waals surface area contributed by atoms with E-state index in [2.05, 4.69) is 4.72 Å². The lowest BCUT2D eigenvalue weighted by atomic mass is 10.3. The van der Waals surface area contributed by atoms with Crippen molar-refractivity contribution < 1.29 is 17.9 Å². The normalized spacial score (nSPS) is 11.2. The molecule has 1 rings (SSSR count).